The molecule has 2 fully saturated rings. The van der Waals surface area contributed by atoms with Gasteiger partial charge in [0.25, 0.3) is 0 Å². The smallest absolute Gasteiger partial charge is 0.328 e. The standard InChI is InChI=1S/C23H24N6O4S3/c1-13-25-10-16(34-13)12-28-20(30)17-8-18(36(32,33)27-23(2)4-5-23)35-21(17)29(22(28)31)11-14-7-15-3-6-24-19(15)26-9-14/h3,6-10,17,21,27H,4-5,11-12H2,1-2H3,(H,24,26). The van der Waals surface area contributed by atoms with E-state index < -0.39 is 38.8 Å². The Morgan fingerprint density at radius 1 is 1.22 bits per heavy atom. The number of carbonyl (C=O) groups is 2. The molecule has 36 heavy (non-hydrogen) atoms. The molecule has 1 saturated carbocycles. The quantitative estimate of drug-likeness (QED) is 0.467. The highest BCUT2D eigenvalue weighted by Crippen LogP contribution is 2.46. The SMILES string of the molecule is Cc1ncc(CN2C(=O)C3C=C(S(=O)(=O)NC4(C)CC4)SC3N(Cc3cnc4[nH]ccc4c3)C2=O)s1. The first-order valence-corrected chi connectivity index (χ1v) is 14.7. The number of hydrogen-bond acceptors (Lipinski definition) is 8. The lowest BCUT2D eigenvalue weighted by Crippen LogP contribution is -2.58. The van der Waals surface area contributed by atoms with Crippen LogP contribution in [0.3, 0.4) is 0 Å². The fourth-order valence-corrected chi connectivity index (χ4v) is 8.56. The van der Waals surface area contributed by atoms with Crippen molar-refractivity contribution in [3.8, 4) is 0 Å². The van der Waals surface area contributed by atoms with Gasteiger partial charge >= 0.3 is 6.03 Å². The maximum Gasteiger partial charge on any atom is 0.328 e. The Morgan fingerprint density at radius 2 is 2.03 bits per heavy atom. The van der Waals surface area contributed by atoms with Gasteiger partial charge in [-0.15, -0.1) is 11.3 Å². The molecule has 6 rings (SSSR count). The van der Waals surface area contributed by atoms with Crippen LogP contribution >= 0.6 is 23.1 Å². The first-order chi connectivity index (χ1) is 17.1. The van der Waals surface area contributed by atoms with E-state index in [0.29, 0.717) is 0 Å². The number of rotatable bonds is 7. The van der Waals surface area contributed by atoms with E-state index >= 15 is 0 Å². The van der Waals surface area contributed by atoms with E-state index in [0.717, 1.165) is 51.1 Å². The fraction of sp³-hybridized carbons (Fsp3) is 0.391. The van der Waals surface area contributed by atoms with Gasteiger partial charge in [-0.2, -0.15) is 0 Å². The van der Waals surface area contributed by atoms with E-state index in [-0.39, 0.29) is 17.3 Å². The number of amides is 3. The number of urea groups is 1. The molecule has 13 heteroatoms. The molecular weight excluding hydrogens is 520 g/mol. The van der Waals surface area contributed by atoms with Crippen LogP contribution < -0.4 is 4.72 Å². The van der Waals surface area contributed by atoms with Crippen LogP contribution in [0.1, 0.15) is 35.2 Å². The van der Waals surface area contributed by atoms with Gasteiger partial charge in [0.1, 0.15) is 15.3 Å². The second-order valence-electron chi connectivity index (χ2n) is 9.63. The van der Waals surface area contributed by atoms with E-state index in [9.17, 15) is 18.0 Å². The van der Waals surface area contributed by atoms with E-state index in [1.807, 2.05) is 26.0 Å². The van der Waals surface area contributed by atoms with Gasteiger partial charge in [0, 0.05) is 34.4 Å². The number of imide groups is 1. The van der Waals surface area contributed by atoms with E-state index in [1.54, 1.807) is 23.5 Å². The third kappa shape index (κ3) is 4.23. The van der Waals surface area contributed by atoms with E-state index in [2.05, 4.69) is 19.7 Å². The van der Waals surface area contributed by atoms with Crippen molar-refractivity contribution in [3.63, 3.8) is 0 Å². The van der Waals surface area contributed by atoms with Gasteiger partial charge in [0.15, 0.2) is 0 Å². The molecule has 0 radical (unpaired) electrons. The topological polar surface area (TPSA) is 128 Å². The summed E-state index contributed by atoms with van der Waals surface area (Å²) in [6.45, 7) is 4.01. The van der Waals surface area contributed by atoms with Crippen LogP contribution in [-0.4, -0.2) is 56.0 Å². The third-order valence-electron chi connectivity index (χ3n) is 6.63. The van der Waals surface area contributed by atoms with Crippen molar-refractivity contribution in [1.29, 1.82) is 0 Å². The van der Waals surface area contributed by atoms with Gasteiger partial charge in [-0.1, -0.05) is 11.8 Å². The van der Waals surface area contributed by atoms with Crippen molar-refractivity contribution >= 4 is 56.1 Å². The number of H-pyrrole nitrogens is 1. The molecule has 3 aromatic heterocycles. The summed E-state index contributed by atoms with van der Waals surface area (Å²) in [4.78, 5) is 42.5. The van der Waals surface area contributed by atoms with E-state index in [1.165, 1.54) is 22.3 Å². The normalized spacial score (nSPS) is 23.3. The van der Waals surface area contributed by atoms with Gasteiger partial charge in [-0.05, 0) is 50.5 Å². The van der Waals surface area contributed by atoms with Gasteiger partial charge in [0.2, 0.25) is 15.9 Å². The molecule has 0 bridgehead atoms. The molecule has 2 N–H and O–H groups in total. The summed E-state index contributed by atoms with van der Waals surface area (Å²) in [5.41, 5.74) is 1.09. The van der Waals surface area contributed by atoms with Crippen molar-refractivity contribution < 1.29 is 18.0 Å². The molecule has 10 nitrogen and oxygen atoms in total. The molecule has 2 aliphatic heterocycles. The monoisotopic (exact) mass is 544 g/mol. The first kappa shape index (κ1) is 23.6. The predicted octanol–water partition coefficient (Wildman–Crippen LogP) is 3.29. The average Bonchev–Trinajstić information content (AvgIpc) is 3.25. The summed E-state index contributed by atoms with van der Waals surface area (Å²) < 4.78 is 29.1. The summed E-state index contributed by atoms with van der Waals surface area (Å²) in [5, 5.41) is 1.08. The van der Waals surface area contributed by atoms with Gasteiger partial charge in [-0.25, -0.2) is 27.9 Å². The van der Waals surface area contributed by atoms with Crippen LogP contribution in [0.5, 0.6) is 0 Å². The summed E-state index contributed by atoms with van der Waals surface area (Å²) in [5.74, 6) is -1.17. The lowest BCUT2D eigenvalue weighted by molar-refractivity contribution is -0.135. The number of aromatic nitrogens is 3. The zero-order chi connectivity index (χ0) is 25.2. The minimum absolute atomic E-state index is 0.0893. The van der Waals surface area contributed by atoms with Gasteiger partial charge < -0.3 is 9.88 Å². The number of nitrogens with zero attached hydrogens (tertiary/aromatic N) is 4. The second kappa shape index (κ2) is 8.40. The number of aromatic amines is 1. The number of aryl methyl sites for hydroxylation is 1. The van der Waals surface area contributed by atoms with Crippen LogP contribution in [0.4, 0.5) is 4.79 Å². The molecule has 0 spiro atoms. The molecule has 3 aliphatic rings. The summed E-state index contributed by atoms with van der Waals surface area (Å²) in [6, 6.07) is 3.38. The van der Waals surface area contributed by atoms with Crippen LogP contribution in [-0.2, 0) is 27.9 Å². The Labute approximate surface area is 216 Å². The van der Waals surface area contributed by atoms with Crippen molar-refractivity contribution in [2.75, 3.05) is 0 Å². The van der Waals surface area contributed by atoms with Gasteiger partial charge in [0.05, 0.1) is 24.0 Å². The van der Waals surface area contributed by atoms with E-state index in [4.69, 9.17) is 0 Å². The fourth-order valence-electron chi connectivity index (χ4n) is 4.47. The Kier molecular flexibility index (Phi) is 5.52. The number of pyridine rings is 1. The summed E-state index contributed by atoms with van der Waals surface area (Å²) in [7, 11) is -3.80. The van der Waals surface area contributed by atoms with Crippen molar-refractivity contribution in [1.82, 2.24) is 29.5 Å². The molecule has 2 unspecified atom stereocenters. The maximum absolute atomic E-state index is 13.7. The zero-order valence-corrected chi connectivity index (χ0v) is 22.0. The Hall–Kier alpha value is -2.74. The van der Waals surface area contributed by atoms with Crippen LogP contribution in [0, 0.1) is 12.8 Å². The minimum Gasteiger partial charge on any atom is -0.346 e. The first-order valence-electron chi connectivity index (χ1n) is 11.5. The predicted molar refractivity (Wildman–Crippen MR) is 137 cm³/mol. The molecule has 0 aromatic carbocycles. The molecule has 3 aromatic rings. The molecular formula is C23H24N6O4S3. The Bertz CT molecular complexity index is 1520. The molecule has 188 valence electrons. The lowest BCUT2D eigenvalue weighted by atomic mass is 10.0. The maximum atomic E-state index is 13.7. The Balaban J connectivity index is 1.34. The highest BCUT2D eigenvalue weighted by molar-refractivity contribution is 8.18. The minimum atomic E-state index is -3.80. The number of nitrogens with one attached hydrogen (secondary N) is 2. The molecule has 5 heterocycles. The number of hydrogen-bond donors (Lipinski definition) is 2. The zero-order valence-electron chi connectivity index (χ0n) is 19.6. The highest BCUT2D eigenvalue weighted by Gasteiger charge is 2.52. The largest absolute Gasteiger partial charge is 0.346 e. The number of carbonyl (C=O) groups excluding carboxylic acids is 2. The average molecular weight is 545 g/mol. The molecule has 1 saturated heterocycles. The lowest BCUT2D eigenvalue weighted by Gasteiger charge is -2.41. The van der Waals surface area contributed by atoms with Crippen molar-refractivity contribution in [2.45, 2.75) is 50.7 Å². The number of fused-ring (bicyclic) bond motifs is 2. The van der Waals surface area contributed by atoms with Crippen LogP contribution in [0.15, 0.2) is 41.0 Å². The Morgan fingerprint density at radius 3 is 2.75 bits per heavy atom. The third-order valence-corrected chi connectivity index (χ3v) is 11.1. The van der Waals surface area contributed by atoms with Crippen molar-refractivity contribution in [3.05, 3.63) is 56.5 Å². The number of thioether (sulfide) groups is 1. The summed E-state index contributed by atoms with van der Waals surface area (Å²) in [6.07, 6.45) is 8.20. The summed E-state index contributed by atoms with van der Waals surface area (Å²) >= 11 is 2.48. The molecule has 1 aliphatic carbocycles. The van der Waals surface area contributed by atoms with Gasteiger partial charge in [-0.3, -0.25) is 9.69 Å². The second-order valence-corrected chi connectivity index (χ2v) is 14.0. The molecule has 3 amide bonds. The molecule has 2 atom stereocenters. The van der Waals surface area contributed by atoms with Crippen LogP contribution in [0.25, 0.3) is 11.0 Å². The highest BCUT2D eigenvalue weighted by atomic mass is 32.3. The van der Waals surface area contributed by atoms with Crippen molar-refractivity contribution in [2.24, 2.45) is 5.92 Å². The number of thiazole rings is 1. The van der Waals surface area contributed by atoms with Crippen LogP contribution in [0.2, 0.25) is 0 Å². The number of sulfonamides is 1.